The lowest BCUT2D eigenvalue weighted by Crippen LogP contribution is -2.44. The number of cyclic esters (lactones) is 1. The third-order valence-electron chi connectivity index (χ3n) is 7.94. The maximum Gasteiger partial charge on any atom is 0.310 e. The summed E-state index contributed by atoms with van der Waals surface area (Å²) in [7, 11) is 2.98. The van der Waals surface area contributed by atoms with E-state index in [1.807, 2.05) is 12.1 Å². The summed E-state index contributed by atoms with van der Waals surface area (Å²) in [6.07, 6.45) is 0. The van der Waals surface area contributed by atoms with E-state index in [1.165, 1.54) is 14.2 Å². The van der Waals surface area contributed by atoms with Gasteiger partial charge in [0.2, 0.25) is 12.5 Å². The monoisotopic (exact) mass is 548 g/mol. The van der Waals surface area contributed by atoms with E-state index in [1.54, 1.807) is 12.1 Å². The molecule has 0 radical (unpaired) electrons. The summed E-state index contributed by atoms with van der Waals surface area (Å²) in [4.78, 5) is 15.6. The first kappa shape index (κ1) is 26.7. The van der Waals surface area contributed by atoms with Gasteiger partial charge in [0.1, 0.15) is 0 Å². The molecule has 0 saturated carbocycles. The number of carbonyl (C=O) groups is 1. The minimum absolute atomic E-state index is 0. The molecule has 206 valence electrons. The van der Waals surface area contributed by atoms with Crippen LogP contribution in [0.2, 0.25) is 0 Å². The second-order valence-electron chi connectivity index (χ2n) is 9.79. The number of benzene rings is 2. The first-order valence-electron chi connectivity index (χ1n) is 12.7. The van der Waals surface area contributed by atoms with Crippen LogP contribution in [0.25, 0.3) is 0 Å². The molecule has 2 saturated heterocycles. The third-order valence-corrected chi connectivity index (χ3v) is 7.94. The van der Waals surface area contributed by atoms with Crippen molar-refractivity contribution in [3.8, 4) is 28.7 Å². The predicted octanol–water partition coefficient (Wildman–Crippen LogP) is 2.46. The Bertz CT molecular complexity index is 1160. The molecule has 4 atom stereocenters. The smallest absolute Gasteiger partial charge is 0.310 e. The average molecular weight is 549 g/mol. The van der Waals surface area contributed by atoms with E-state index in [0.717, 1.165) is 56.1 Å². The Kier molecular flexibility index (Phi) is 7.76. The molecule has 2 aromatic rings. The molecule has 11 heteroatoms. The number of hydrogen-bond acceptors (Lipinski definition) is 10. The Morgan fingerprint density at radius 3 is 2.32 bits per heavy atom. The van der Waals surface area contributed by atoms with Crippen molar-refractivity contribution in [3.05, 3.63) is 41.0 Å². The first-order valence-corrected chi connectivity index (χ1v) is 12.7. The highest BCUT2D eigenvalue weighted by atomic mass is 35.5. The van der Waals surface area contributed by atoms with Gasteiger partial charge in [-0.15, -0.1) is 12.4 Å². The number of esters is 1. The number of morpholine rings is 1. The van der Waals surface area contributed by atoms with E-state index in [2.05, 4.69) is 10.2 Å². The van der Waals surface area contributed by atoms with Gasteiger partial charge in [0.25, 0.3) is 0 Å². The third kappa shape index (κ3) is 4.59. The van der Waals surface area contributed by atoms with E-state index in [0.29, 0.717) is 18.1 Å². The molecular formula is C27H33ClN2O8. The standard InChI is InChI=1S/C27H32N2O8.ClH/c1-32-21-9-15(10-22(33-2)26(21)30)23-16-11-19-20(37-14-36-19)12-17(16)25(18-13-35-27(31)24(18)23)28-3-4-29-5-7-34-8-6-29;/h9-12,18,23-25,28,30H,3-8,13-14H2,1-2H3;1H/t18-,23+,24-,25+;/m0./s1. The van der Waals surface area contributed by atoms with Gasteiger partial charge in [0.05, 0.1) is 40.0 Å². The van der Waals surface area contributed by atoms with Crippen molar-refractivity contribution >= 4 is 18.4 Å². The lowest BCUT2D eigenvalue weighted by atomic mass is 9.65. The predicted molar refractivity (Wildman–Crippen MR) is 139 cm³/mol. The maximum atomic E-state index is 13.2. The van der Waals surface area contributed by atoms with Crippen molar-refractivity contribution < 1.29 is 38.3 Å². The highest BCUT2D eigenvalue weighted by Crippen LogP contribution is 2.55. The lowest BCUT2D eigenvalue weighted by molar-refractivity contribution is -0.141. The number of rotatable bonds is 7. The van der Waals surface area contributed by atoms with Crippen LogP contribution in [0.5, 0.6) is 28.7 Å². The molecule has 0 amide bonds. The van der Waals surface area contributed by atoms with E-state index < -0.39 is 5.92 Å². The second-order valence-corrected chi connectivity index (χ2v) is 9.79. The average Bonchev–Trinajstić information content (AvgIpc) is 3.54. The van der Waals surface area contributed by atoms with Crippen LogP contribution in [-0.2, 0) is 14.3 Å². The molecule has 3 heterocycles. The van der Waals surface area contributed by atoms with Crippen molar-refractivity contribution in [3.63, 3.8) is 0 Å². The van der Waals surface area contributed by atoms with Crippen LogP contribution in [0, 0.1) is 11.8 Å². The molecule has 0 bridgehead atoms. The molecule has 4 aliphatic rings. The molecule has 38 heavy (non-hydrogen) atoms. The number of phenols is 1. The van der Waals surface area contributed by atoms with Crippen LogP contribution < -0.4 is 24.3 Å². The Morgan fingerprint density at radius 1 is 1.00 bits per heavy atom. The van der Waals surface area contributed by atoms with Crippen molar-refractivity contribution in [1.82, 2.24) is 10.2 Å². The Hall–Kier alpha value is -2.92. The van der Waals surface area contributed by atoms with Crippen molar-refractivity contribution in [2.24, 2.45) is 11.8 Å². The summed E-state index contributed by atoms with van der Waals surface area (Å²) < 4.78 is 33.5. The van der Waals surface area contributed by atoms with Gasteiger partial charge < -0.3 is 38.8 Å². The van der Waals surface area contributed by atoms with Gasteiger partial charge in [0.15, 0.2) is 23.0 Å². The van der Waals surface area contributed by atoms with Crippen molar-refractivity contribution in [2.45, 2.75) is 12.0 Å². The van der Waals surface area contributed by atoms with Crippen LogP contribution in [-0.4, -0.2) is 83.0 Å². The van der Waals surface area contributed by atoms with Crippen molar-refractivity contribution in [2.75, 3.05) is 67.0 Å². The largest absolute Gasteiger partial charge is 0.502 e. The number of ether oxygens (including phenoxy) is 6. The van der Waals surface area contributed by atoms with Crippen LogP contribution in [0.1, 0.15) is 28.7 Å². The number of methoxy groups -OCH3 is 2. The van der Waals surface area contributed by atoms with Gasteiger partial charge in [0, 0.05) is 44.1 Å². The minimum atomic E-state index is -0.423. The number of carbonyl (C=O) groups excluding carboxylic acids is 1. The second kappa shape index (κ2) is 11.1. The Labute approximate surface area is 227 Å². The quantitative estimate of drug-likeness (QED) is 0.501. The fourth-order valence-electron chi connectivity index (χ4n) is 6.12. The SMILES string of the molecule is COc1cc([C@@H]2c3cc4c(cc3[C@@H](NCCN3CCOCC3)[C@H]3COC(=O)[C@H]23)OCO4)cc(OC)c1O.Cl. The summed E-state index contributed by atoms with van der Waals surface area (Å²) in [5.74, 6) is 0.753. The fourth-order valence-corrected chi connectivity index (χ4v) is 6.12. The molecule has 1 aliphatic carbocycles. The normalized spacial score (nSPS) is 25.7. The van der Waals surface area contributed by atoms with Crippen LogP contribution in [0.15, 0.2) is 24.3 Å². The summed E-state index contributed by atoms with van der Waals surface area (Å²) in [6.45, 7) is 5.49. The van der Waals surface area contributed by atoms with Gasteiger partial charge in [-0.2, -0.15) is 0 Å². The number of nitrogens with one attached hydrogen (secondary N) is 1. The first-order chi connectivity index (χ1) is 18.1. The molecule has 3 aliphatic heterocycles. The highest BCUT2D eigenvalue weighted by Gasteiger charge is 2.52. The van der Waals surface area contributed by atoms with Crippen LogP contribution in [0.3, 0.4) is 0 Å². The molecule has 2 aromatic carbocycles. The summed E-state index contributed by atoms with van der Waals surface area (Å²) in [6, 6.07) is 7.45. The summed E-state index contributed by atoms with van der Waals surface area (Å²) in [5.41, 5.74) is 2.82. The molecular weight excluding hydrogens is 516 g/mol. The summed E-state index contributed by atoms with van der Waals surface area (Å²) >= 11 is 0. The number of nitrogens with zero attached hydrogens (tertiary/aromatic N) is 1. The van der Waals surface area contributed by atoms with E-state index >= 15 is 0 Å². The number of halogens is 1. The topological polar surface area (TPSA) is 108 Å². The number of phenolic OH excluding ortho intramolecular Hbond substituents is 1. The zero-order valence-corrected chi connectivity index (χ0v) is 22.3. The molecule has 2 fully saturated rings. The Balaban J connectivity index is 0.00000294. The van der Waals surface area contributed by atoms with Crippen LogP contribution in [0.4, 0.5) is 0 Å². The zero-order valence-electron chi connectivity index (χ0n) is 21.4. The molecule has 0 spiro atoms. The van der Waals surface area contributed by atoms with E-state index in [9.17, 15) is 9.90 Å². The van der Waals surface area contributed by atoms with Gasteiger partial charge in [-0.05, 0) is 41.0 Å². The number of aromatic hydroxyl groups is 1. The summed E-state index contributed by atoms with van der Waals surface area (Å²) in [5, 5.41) is 14.3. The lowest BCUT2D eigenvalue weighted by Gasteiger charge is -2.40. The van der Waals surface area contributed by atoms with Crippen molar-refractivity contribution in [1.29, 1.82) is 0 Å². The van der Waals surface area contributed by atoms with Gasteiger partial charge in [-0.3, -0.25) is 9.69 Å². The van der Waals surface area contributed by atoms with E-state index in [4.69, 9.17) is 28.4 Å². The maximum absolute atomic E-state index is 13.2. The fraction of sp³-hybridized carbons (Fsp3) is 0.519. The van der Waals surface area contributed by atoms with Crippen LogP contribution >= 0.6 is 12.4 Å². The number of fused-ring (bicyclic) bond motifs is 3. The number of hydrogen-bond donors (Lipinski definition) is 2. The molecule has 6 rings (SSSR count). The highest BCUT2D eigenvalue weighted by molar-refractivity contribution is 5.85. The molecule has 10 nitrogen and oxygen atoms in total. The van der Waals surface area contributed by atoms with Gasteiger partial charge >= 0.3 is 5.97 Å². The van der Waals surface area contributed by atoms with E-state index in [-0.39, 0.29) is 60.3 Å². The minimum Gasteiger partial charge on any atom is -0.502 e. The zero-order chi connectivity index (χ0) is 25.5. The molecule has 0 unspecified atom stereocenters. The van der Waals surface area contributed by atoms with Gasteiger partial charge in [-0.25, -0.2) is 0 Å². The van der Waals surface area contributed by atoms with Gasteiger partial charge in [-0.1, -0.05) is 0 Å². The Morgan fingerprint density at radius 2 is 1.66 bits per heavy atom. The molecule has 2 N–H and O–H groups in total. The molecule has 0 aromatic heterocycles.